The minimum atomic E-state index is -1.17. The lowest BCUT2D eigenvalue weighted by molar-refractivity contribution is -0.142. The standard InChI is InChI=1S/C19H26FN3O3/c1-3-23(11-12-24)10-4-8-19(2,18(25)26)22-16-7-9-21-17-13-14(20)5-6-15(16)17/h5-7,9,13,24H,3-4,8,10-12H2,1-2H3,(H,21,22)(H,25,26). The largest absolute Gasteiger partial charge is 0.480 e. The van der Waals surface area contributed by atoms with Crippen molar-refractivity contribution < 1.29 is 19.4 Å². The molecule has 7 heteroatoms. The number of fused-ring (bicyclic) bond motifs is 1. The van der Waals surface area contributed by atoms with Crippen molar-refractivity contribution in [1.82, 2.24) is 9.88 Å². The number of carboxylic acids is 1. The molecule has 142 valence electrons. The van der Waals surface area contributed by atoms with Gasteiger partial charge in [-0.2, -0.15) is 0 Å². The molecule has 0 saturated heterocycles. The summed E-state index contributed by atoms with van der Waals surface area (Å²) in [5, 5.41) is 22.6. The Labute approximate surface area is 152 Å². The first kappa shape index (κ1) is 20.1. The van der Waals surface area contributed by atoms with Crippen molar-refractivity contribution in [3.63, 3.8) is 0 Å². The molecule has 2 aromatic rings. The van der Waals surface area contributed by atoms with Crippen LogP contribution in [0.25, 0.3) is 10.9 Å². The SMILES string of the molecule is CCN(CCO)CCCC(C)(Nc1ccnc2cc(F)ccc12)C(=O)O. The lowest BCUT2D eigenvalue weighted by Gasteiger charge is -2.29. The van der Waals surface area contributed by atoms with Gasteiger partial charge in [-0.25, -0.2) is 9.18 Å². The van der Waals surface area contributed by atoms with Gasteiger partial charge in [0.2, 0.25) is 0 Å². The third-order valence-corrected chi connectivity index (χ3v) is 4.60. The molecule has 26 heavy (non-hydrogen) atoms. The van der Waals surface area contributed by atoms with Gasteiger partial charge in [0.25, 0.3) is 0 Å². The highest BCUT2D eigenvalue weighted by Gasteiger charge is 2.33. The average molecular weight is 363 g/mol. The van der Waals surface area contributed by atoms with Crippen molar-refractivity contribution in [1.29, 1.82) is 0 Å². The average Bonchev–Trinajstić information content (AvgIpc) is 2.60. The Bertz CT molecular complexity index is 756. The molecule has 1 atom stereocenters. The maximum atomic E-state index is 13.4. The van der Waals surface area contributed by atoms with Crippen LogP contribution >= 0.6 is 0 Å². The maximum Gasteiger partial charge on any atom is 0.329 e. The lowest BCUT2D eigenvalue weighted by atomic mass is 9.94. The molecule has 1 aromatic heterocycles. The Hall–Kier alpha value is -2.25. The number of likely N-dealkylation sites (N-methyl/N-ethyl adjacent to an activating group) is 1. The van der Waals surface area contributed by atoms with Gasteiger partial charge >= 0.3 is 5.97 Å². The Morgan fingerprint density at radius 3 is 2.77 bits per heavy atom. The molecule has 0 amide bonds. The number of anilines is 1. The van der Waals surface area contributed by atoms with E-state index in [-0.39, 0.29) is 12.4 Å². The fraction of sp³-hybridized carbons (Fsp3) is 0.474. The molecule has 1 aromatic carbocycles. The summed E-state index contributed by atoms with van der Waals surface area (Å²) in [5.74, 6) is -1.33. The predicted octanol–water partition coefficient (Wildman–Crippen LogP) is 2.72. The summed E-state index contributed by atoms with van der Waals surface area (Å²) in [4.78, 5) is 18.1. The third-order valence-electron chi connectivity index (χ3n) is 4.60. The van der Waals surface area contributed by atoms with Crippen molar-refractivity contribution in [2.24, 2.45) is 0 Å². The van der Waals surface area contributed by atoms with Crippen LogP contribution in [0.15, 0.2) is 30.5 Å². The van der Waals surface area contributed by atoms with E-state index in [2.05, 4.69) is 15.2 Å². The van der Waals surface area contributed by atoms with Crippen molar-refractivity contribution >= 4 is 22.6 Å². The van der Waals surface area contributed by atoms with Crippen LogP contribution in [0.1, 0.15) is 26.7 Å². The topological polar surface area (TPSA) is 85.7 Å². The van der Waals surface area contributed by atoms with Gasteiger partial charge in [-0.3, -0.25) is 4.98 Å². The molecule has 0 aliphatic rings. The van der Waals surface area contributed by atoms with Gasteiger partial charge in [0, 0.05) is 29.9 Å². The Morgan fingerprint density at radius 2 is 2.12 bits per heavy atom. The van der Waals surface area contributed by atoms with E-state index in [1.165, 1.54) is 18.3 Å². The zero-order valence-electron chi connectivity index (χ0n) is 15.2. The number of aliphatic hydroxyl groups excluding tert-OH is 1. The molecule has 0 radical (unpaired) electrons. The normalized spacial score (nSPS) is 13.7. The van der Waals surface area contributed by atoms with Crippen molar-refractivity contribution in [3.05, 3.63) is 36.3 Å². The highest BCUT2D eigenvalue weighted by Crippen LogP contribution is 2.27. The van der Waals surface area contributed by atoms with Crippen molar-refractivity contribution in [3.8, 4) is 0 Å². The zero-order valence-corrected chi connectivity index (χ0v) is 15.2. The van der Waals surface area contributed by atoms with E-state index in [1.807, 2.05) is 6.92 Å². The highest BCUT2D eigenvalue weighted by atomic mass is 19.1. The number of pyridine rings is 1. The van der Waals surface area contributed by atoms with E-state index >= 15 is 0 Å². The fourth-order valence-corrected chi connectivity index (χ4v) is 2.98. The van der Waals surface area contributed by atoms with Crippen LogP contribution in [-0.4, -0.2) is 57.8 Å². The second kappa shape index (κ2) is 8.91. The van der Waals surface area contributed by atoms with E-state index in [4.69, 9.17) is 5.11 Å². The van der Waals surface area contributed by atoms with E-state index in [9.17, 15) is 14.3 Å². The zero-order chi connectivity index (χ0) is 19.2. The molecule has 2 rings (SSSR count). The van der Waals surface area contributed by atoms with Crippen LogP contribution in [-0.2, 0) is 4.79 Å². The molecule has 0 saturated carbocycles. The molecular weight excluding hydrogens is 337 g/mol. The van der Waals surface area contributed by atoms with Gasteiger partial charge < -0.3 is 20.4 Å². The maximum absolute atomic E-state index is 13.4. The number of aromatic nitrogens is 1. The van der Waals surface area contributed by atoms with E-state index in [0.717, 1.165) is 6.54 Å². The summed E-state index contributed by atoms with van der Waals surface area (Å²) in [6, 6.07) is 5.96. The summed E-state index contributed by atoms with van der Waals surface area (Å²) in [6.45, 7) is 5.83. The second-order valence-corrected chi connectivity index (χ2v) is 6.54. The first-order chi connectivity index (χ1) is 12.4. The van der Waals surface area contributed by atoms with Gasteiger partial charge in [-0.1, -0.05) is 6.92 Å². The van der Waals surface area contributed by atoms with Crippen LogP contribution in [0.2, 0.25) is 0 Å². The minimum absolute atomic E-state index is 0.0852. The number of aliphatic hydroxyl groups is 1. The number of carboxylic acid groups (broad SMARTS) is 1. The molecule has 1 heterocycles. The van der Waals surface area contributed by atoms with Crippen LogP contribution in [0.5, 0.6) is 0 Å². The van der Waals surface area contributed by atoms with Gasteiger partial charge in [0.1, 0.15) is 11.4 Å². The van der Waals surface area contributed by atoms with E-state index in [1.54, 1.807) is 19.1 Å². The quantitative estimate of drug-likeness (QED) is 0.602. The van der Waals surface area contributed by atoms with Gasteiger partial charge in [-0.05, 0) is 51.1 Å². The van der Waals surface area contributed by atoms with Crippen LogP contribution in [0.4, 0.5) is 10.1 Å². The lowest BCUT2D eigenvalue weighted by Crippen LogP contribution is -2.44. The molecule has 0 aliphatic heterocycles. The van der Waals surface area contributed by atoms with E-state index in [0.29, 0.717) is 42.5 Å². The summed E-state index contributed by atoms with van der Waals surface area (Å²) in [7, 11) is 0. The predicted molar refractivity (Wildman–Crippen MR) is 99.8 cm³/mol. The summed E-state index contributed by atoms with van der Waals surface area (Å²) < 4.78 is 13.4. The summed E-state index contributed by atoms with van der Waals surface area (Å²) >= 11 is 0. The first-order valence-electron chi connectivity index (χ1n) is 8.78. The smallest absolute Gasteiger partial charge is 0.329 e. The molecule has 3 N–H and O–H groups in total. The van der Waals surface area contributed by atoms with Crippen molar-refractivity contribution in [2.45, 2.75) is 32.2 Å². The second-order valence-electron chi connectivity index (χ2n) is 6.54. The number of hydrogen-bond donors (Lipinski definition) is 3. The fourth-order valence-electron chi connectivity index (χ4n) is 2.98. The van der Waals surface area contributed by atoms with Gasteiger partial charge in [0.15, 0.2) is 0 Å². The van der Waals surface area contributed by atoms with Crippen LogP contribution in [0.3, 0.4) is 0 Å². The van der Waals surface area contributed by atoms with Crippen LogP contribution in [0, 0.1) is 5.82 Å². The molecule has 1 unspecified atom stereocenters. The van der Waals surface area contributed by atoms with Gasteiger partial charge in [0.05, 0.1) is 12.1 Å². The van der Waals surface area contributed by atoms with E-state index < -0.39 is 11.5 Å². The number of rotatable bonds is 10. The molecule has 0 bridgehead atoms. The number of hydrogen-bond acceptors (Lipinski definition) is 5. The van der Waals surface area contributed by atoms with Crippen molar-refractivity contribution in [2.75, 3.05) is 31.6 Å². The molecule has 0 fully saturated rings. The third kappa shape index (κ3) is 4.89. The number of halogens is 1. The molecular formula is C19H26FN3O3. The van der Waals surface area contributed by atoms with Crippen LogP contribution < -0.4 is 5.32 Å². The molecule has 0 aliphatic carbocycles. The Balaban J connectivity index is 2.16. The first-order valence-corrected chi connectivity index (χ1v) is 8.78. The minimum Gasteiger partial charge on any atom is -0.480 e. The van der Waals surface area contributed by atoms with Gasteiger partial charge in [-0.15, -0.1) is 0 Å². The summed E-state index contributed by atoms with van der Waals surface area (Å²) in [5.41, 5.74) is -0.0770. The number of benzene rings is 1. The monoisotopic (exact) mass is 363 g/mol. The Kier molecular flexibility index (Phi) is 6.88. The number of carbonyl (C=O) groups is 1. The highest BCUT2D eigenvalue weighted by molar-refractivity contribution is 5.93. The number of aliphatic carboxylic acids is 1. The Morgan fingerprint density at radius 1 is 1.35 bits per heavy atom. The number of nitrogens with one attached hydrogen (secondary N) is 1. The molecule has 6 nitrogen and oxygen atoms in total. The molecule has 0 spiro atoms. The summed E-state index contributed by atoms with van der Waals surface area (Å²) in [6.07, 6.45) is 2.61. The number of nitrogens with zero attached hydrogens (tertiary/aromatic N) is 2.